The average Bonchev–Trinajstić information content (AvgIpc) is 2.61. The molecule has 0 saturated heterocycles. The predicted octanol–water partition coefficient (Wildman–Crippen LogP) is -0.0247. The maximum Gasteiger partial charge on any atom is 0.165 e. The Bertz CT molecular complexity index is 272. The fourth-order valence-corrected chi connectivity index (χ4v) is 1.32. The van der Waals surface area contributed by atoms with Crippen LogP contribution in [0.4, 0.5) is 0 Å². The van der Waals surface area contributed by atoms with Gasteiger partial charge in [0.25, 0.3) is 0 Å². The van der Waals surface area contributed by atoms with Gasteiger partial charge in [0.1, 0.15) is 0 Å². The molecule has 0 radical (unpaired) electrons. The highest BCUT2D eigenvalue weighted by atomic mass is 16.5. The molecule has 0 saturated carbocycles. The van der Waals surface area contributed by atoms with Gasteiger partial charge < -0.3 is 10.5 Å². The summed E-state index contributed by atoms with van der Waals surface area (Å²) in [6.07, 6.45) is 0. The first kappa shape index (κ1) is 11.1. The van der Waals surface area contributed by atoms with Gasteiger partial charge in [0.15, 0.2) is 5.82 Å². The van der Waals surface area contributed by atoms with Gasteiger partial charge in [-0.25, -0.2) is 4.68 Å². The number of nitrogens with zero attached hydrogens (tertiary/aromatic N) is 4. The standard InChI is InChI=1S/C8H17N5O/c1-6(2)7(5-14-3)13-8(4-9)10-11-12-13/h6-7H,4-5,9H2,1-3H3. The molecule has 6 heteroatoms. The molecule has 1 atom stereocenters. The molecule has 0 fully saturated rings. The predicted molar refractivity (Wildman–Crippen MR) is 51.5 cm³/mol. The minimum absolute atomic E-state index is 0.147. The summed E-state index contributed by atoms with van der Waals surface area (Å²) in [7, 11) is 1.67. The molecule has 14 heavy (non-hydrogen) atoms. The lowest BCUT2D eigenvalue weighted by atomic mass is 10.1. The van der Waals surface area contributed by atoms with Crippen LogP contribution >= 0.6 is 0 Å². The maximum absolute atomic E-state index is 5.53. The third-order valence-corrected chi connectivity index (χ3v) is 2.16. The van der Waals surface area contributed by atoms with Gasteiger partial charge in [0.05, 0.1) is 19.2 Å². The fourth-order valence-electron chi connectivity index (χ4n) is 1.32. The van der Waals surface area contributed by atoms with E-state index in [2.05, 4.69) is 29.4 Å². The number of ether oxygens (including phenoxy) is 1. The molecule has 1 unspecified atom stereocenters. The molecule has 0 spiro atoms. The lowest BCUT2D eigenvalue weighted by molar-refractivity contribution is 0.123. The molecule has 1 aromatic heterocycles. The summed E-state index contributed by atoms with van der Waals surface area (Å²) in [5.74, 6) is 1.10. The first-order valence-electron chi connectivity index (χ1n) is 4.66. The summed E-state index contributed by atoms with van der Waals surface area (Å²) in [5.41, 5.74) is 5.53. The van der Waals surface area contributed by atoms with Crippen LogP contribution in [0.15, 0.2) is 0 Å². The zero-order valence-corrected chi connectivity index (χ0v) is 8.84. The van der Waals surface area contributed by atoms with E-state index in [1.54, 1.807) is 11.8 Å². The quantitative estimate of drug-likeness (QED) is 0.720. The summed E-state index contributed by atoms with van der Waals surface area (Å²) in [4.78, 5) is 0. The van der Waals surface area contributed by atoms with Gasteiger partial charge in [0, 0.05) is 7.11 Å². The molecule has 2 N–H and O–H groups in total. The zero-order valence-electron chi connectivity index (χ0n) is 8.84. The van der Waals surface area contributed by atoms with Crippen LogP contribution in [-0.2, 0) is 11.3 Å². The van der Waals surface area contributed by atoms with E-state index >= 15 is 0 Å². The third-order valence-electron chi connectivity index (χ3n) is 2.16. The Kier molecular flexibility index (Phi) is 3.97. The molecule has 6 nitrogen and oxygen atoms in total. The van der Waals surface area contributed by atoms with E-state index in [-0.39, 0.29) is 6.04 Å². The molecular formula is C8H17N5O. The zero-order chi connectivity index (χ0) is 10.6. The summed E-state index contributed by atoms with van der Waals surface area (Å²) in [6.45, 7) is 5.15. The monoisotopic (exact) mass is 199 g/mol. The molecule has 0 aliphatic carbocycles. The van der Waals surface area contributed by atoms with Gasteiger partial charge in [-0.2, -0.15) is 0 Å². The van der Waals surface area contributed by atoms with Crippen molar-refractivity contribution in [3.63, 3.8) is 0 Å². The van der Waals surface area contributed by atoms with E-state index in [9.17, 15) is 0 Å². The number of rotatable bonds is 5. The second kappa shape index (κ2) is 5.02. The van der Waals surface area contributed by atoms with Gasteiger partial charge in [-0.3, -0.25) is 0 Å². The van der Waals surface area contributed by atoms with Gasteiger partial charge in [-0.1, -0.05) is 13.8 Å². The van der Waals surface area contributed by atoms with Crippen LogP contribution in [0.2, 0.25) is 0 Å². The van der Waals surface area contributed by atoms with Crippen molar-refractivity contribution in [1.29, 1.82) is 0 Å². The van der Waals surface area contributed by atoms with Crippen molar-refractivity contribution in [2.75, 3.05) is 13.7 Å². The lowest BCUT2D eigenvalue weighted by Crippen LogP contribution is -2.24. The SMILES string of the molecule is COCC(C(C)C)n1nnnc1CN. The minimum atomic E-state index is 0.147. The van der Waals surface area contributed by atoms with Crippen LogP contribution in [0.5, 0.6) is 0 Å². The smallest absolute Gasteiger partial charge is 0.165 e. The Morgan fingerprint density at radius 2 is 2.21 bits per heavy atom. The largest absolute Gasteiger partial charge is 0.382 e. The Morgan fingerprint density at radius 1 is 1.50 bits per heavy atom. The van der Waals surface area contributed by atoms with Gasteiger partial charge in [-0.15, -0.1) is 5.10 Å². The Morgan fingerprint density at radius 3 is 2.71 bits per heavy atom. The van der Waals surface area contributed by atoms with Crippen LogP contribution in [0.1, 0.15) is 25.7 Å². The average molecular weight is 199 g/mol. The maximum atomic E-state index is 5.53. The van der Waals surface area contributed by atoms with Crippen molar-refractivity contribution in [3.05, 3.63) is 5.82 Å². The van der Waals surface area contributed by atoms with Crippen LogP contribution in [-0.4, -0.2) is 33.9 Å². The molecule has 1 heterocycles. The molecule has 80 valence electrons. The third kappa shape index (κ3) is 2.27. The molecule has 1 rings (SSSR count). The molecule has 0 aromatic carbocycles. The molecule has 0 amide bonds. The van der Waals surface area contributed by atoms with Crippen LogP contribution in [0.25, 0.3) is 0 Å². The highest BCUT2D eigenvalue weighted by Crippen LogP contribution is 2.17. The van der Waals surface area contributed by atoms with Crippen molar-refractivity contribution in [2.24, 2.45) is 11.7 Å². The number of methoxy groups -OCH3 is 1. The summed E-state index contributed by atoms with van der Waals surface area (Å²) >= 11 is 0. The van der Waals surface area contributed by atoms with Crippen molar-refractivity contribution in [3.8, 4) is 0 Å². The summed E-state index contributed by atoms with van der Waals surface area (Å²) in [5, 5.41) is 11.4. The van der Waals surface area contributed by atoms with Crippen LogP contribution < -0.4 is 5.73 Å². The summed E-state index contributed by atoms with van der Waals surface area (Å²) < 4.78 is 6.88. The molecule has 0 aliphatic heterocycles. The van der Waals surface area contributed by atoms with E-state index in [1.807, 2.05) is 0 Å². The van der Waals surface area contributed by atoms with Crippen molar-refractivity contribution < 1.29 is 4.74 Å². The van der Waals surface area contributed by atoms with Crippen molar-refractivity contribution in [1.82, 2.24) is 20.2 Å². The highest BCUT2D eigenvalue weighted by Gasteiger charge is 2.19. The topological polar surface area (TPSA) is 78.8 Å². The van der Waals surface area contributed by atoms with Gasteiger partial charge >= 0.3 is 0 Å². The Labute approximate surface area is 83.4 Å². The van der Waals surface area contributed by atoms with E-state index in [1.165, 1.54) is 0 Å². The van der Waals surface area contributed by atoms with Crippen LogP contribution in [0, 0.1) is 5.92 Å². The van der Waals surface area contributed by atoms with Crippen molar-refractivity contribution in [2.45, 2.75) is 26.4 Å². The van der Waals surface area contributed by atoms with E-state index in [0.29, 0.717) is 24.9 Å². The summed E-state index contributed by atoms with van der Waals surface area (Å²) in [6, 6.07) is 0.147. The second-order valence-corrected chi connectivity index (χ2v) is 3.51. The van der Waals surface area contributed by atoms with E-state index in [4.69, 9.17) is 10.5 Å². The Hall–Kier alpha value is -1.01. The number of nitrogens with two attached hydrogens (primary N) is 1. The normalized spacial score (nSPS) is 13.5. The minimum Gasteiger partial charge on any atom is -0.382 e. The van der Waals surface area contributed by atoms with Crippen molar-refractivity contribution >= 4 is 0 Å². The number of hydrogen-bond donors (Lipinski definition) is 1. The number of tetrazole rings is 1. The number of aromatic nitrogens is 4. The number of hydrogen-bond acceptors (Lipinski definition) is 5. The molecule has 0 aliphatic rings. The van der Waals surface area contributed by atoms with Crippen LogP contribution in [0.3, 0.4) is 0 Å². The van der Waals surface area contributed by atoms with Gasteiger partial charge in [0.2, 0.25) is 0 Å². The molecule has 0 bridgehead atoms. The Balaban J connectivity index is 2.86. The van der Waals surface area contributed by atoms with Gasteiger partial charge in [-0.05, 0) is 16.3 Å². The highest BCUT2D eigenvalue weighted by molar-refractivity contribution is 4.83. The first-order valence-corrected chi connectivity index (χ1v) is 4.66. The van der Waals surface area contributed by atoms with E-state index in [0.717, 1.165) is 0 Å². The first-order chi connectivity index (χ1) is 6.70. The lowest BCUT2D eigenvalue weighted by Gasteiger charge is -2.20. The fraction of sp³-hybridized carbons (Fsp3) is 0.875. The molecular weight excluding hydrogens is 182 g/mol. The molecule has 1 aromatic rings. The van der Waals surface area contributed by atoms with E-state index < -0.39 is 0 Å². The second-order valence-electron chi connectivity index (χ2n) is 3.51.